The highest BCUT2D eigenvalue weighted by Gasteiger charge is 2.55. The Bertz CT molecular complexity index is 111. The third kappa shape index (κ3) is 0.970. The Labute approximate surface area is 56.4 Å². The van der Waals surface area contributed by atoms with Gasteiger partial charge in [0.25, 0.3) is 0 Å². The van der Waals surface area contributed by atoms with Crippen LogP contribution in [0.25, 0.3) is 0 Å². The van der Waals surface area contributed by atoms with E-state index >= 15 is 0 Å². The van der Waals surface area contributed by atoms with Crippen LogP contribution in [0.1, 0.15) is 13.8 Å². The molecule has 0 amide bonds. The van der Waals surface area contributed by atoms with Crippen molar-refractivity contribution in [1.82, 2.24) is 0 Å². The summed E-state index contributed by atoms with van der Waals surface area (Å²) >= 11 is 0. The third-order valence-corrected chi connectivity index (χ3v) is 2.49. The Morgan fingerprint density at radius 1 is 1.56 bits per heavy atom. The molecule has 1 rings (SSSR count). The highest BCUT2D eigenvalue weighted by atomic mass is 16.5. The maximum Gasteiger partial charge on any atom is 0.0511 e. The van der Waals surface area contributed by atoms with Crippen molar-refractivity contribution in [1.29, 1.82) is 0 Å². The van der Waals surface area contributed by atoms with E-state index in [-0.39, 0.29) is 0 Å². The van der Waals surface area contributed by atoms with Crippen LogP contribution in [0.5, 0.6) is 0 Å². The molecule has 9 heavy (non-hydrogen) atoms. The summed E-state index contributed by atoms with van der Waals surface area (Å²) in [7, 11) is 1.72. The van der Waals surface area contributed by atoms with Gasteiger partial charge in [-0.1, -0.05) is 13.8 Å². The van der Waals surface area contributed by atoms with Crippen molar-refractivity contribution < 1.29 is 4.74 Å². The summed E-state index contributed by atoms with van der Waals surface area (Å²) in [6.07, 6.45) is 0. The Morgan fingerprint density at radius 3 is 2.11 bits per heavy atom. The van der Waals surface area contributed by atoms with E-state index in [0.717, 1.165) is 6.61 Å². The van der Waals surface area contributed by atoms with Gasteiger partial charge in [-0.25, -0.2) is 0 Å². The lowest BCUT2D eigenvalue weighted by atomic mass is 10.1. The zero-order valence-corrected chi connectivity index (χ0v) is 6.35. The molecule has 0 heterocycles. The van der Waals surface area contributed by atoms with E-state index in [9.17, 15) is 0 Å². The molecule has 2 nitrogen and oxygen atoms in total. The van der Waals surface area contributed by atoms with Crippen molar-refractivity contribution >= 4 is 0 Å². The molecule has 0 radical (unpaired) electrons. The van der Waals surface area contributed by atoms with E-state index in [1.807, 2.05) is 0 Å². The summed E-state index contributed by atoms with van der Waals surface area (Å²) < 4.78 is 4.99. The molecule has 2 heteroatoms. The van der Waals surface area contributed by atoms with Gasteiger partial charge in [-0.3, -0.25) is 0 Å². The lowest BCUT2D eigenvalue weighted by Crippen LogP contribution is -2.07. The van der Waals surface area contributed by atoms with E-state index in [2.05, 4.69) is 13.8 Å². The van der Waals surface area contributed by atoms with Crippen molar-refractivity contribution in [2.75, 3.05) is 13.7 Å². The van der Waals surface area contributed by atoms with Gasteiger partial charge in [0.1, 0.15) is 0 Å². The second-order valence-corrected chi connectivity index (χ2v) is 3.41. The molecule has 2 atom stereocenters. The zero-order valence-electron chi connectivity index (χ0n) is 6.35. The fourth-order valence-electron chi connectivity index (χ4n) is 1.28. The van der Waals surface area contributed by atoms with E-state index in [0.29, 0.717) is 17.4 Å². The Hall–Kier alpha value is -0.0800. The number of methoxy groups -OCH3 is 1. The first-order valence-corrected chi connectivity index (χ1v) is 3.35. The van der Waals surface area contributed by atoms with E-state index in [1.165, 1.54) is 0 Å². The van der Waals surface area contributed by atoms with Crippen LogP contribution in [0.2, 0.25) is 0 Å². The zero-order chi connectivity index (χ0) is 7.07. The van der Waals surface area contributed by atoms with Crippen LogP contribution in [0, 0.1) is 11.3 Å². The Kier molecular flexibility index (Phi) is 1.53. The summed E-state index contributed by atoms with van der Waals surface area (Å²) in [4.78, 5) is 0. The highest BCUT2D eigenvalue weighted by molar-refractivity contribution is 5.08. The molecular formula is C7H15NO. The molecule has 1 aliphatic carbocycles. The quantitative estimate of drug-likeness (QED) is 0.593. The minimum Gasteiger partial charge on any atom is -0.384 e. The molecule has 0 aromatic heterocycles. The van der Waals surface area contributed by atoms with Gasteiger partial charge in [-0.2, -0.15) is 0 Å². The number of hydrogen-bond donors (Lipinski definition) is 1. The van der Waals surface area contributed by atoms with Gasteiger partial charge in [0.2, 0.25) is 0 Å². The monoisotopic (exact) mass is 129 g/mol. The maximum absolute atomic E-state index is 5.75. The van der Waals surface area contributed by atoms with Gasteiger partial charge in [-0.05, 0) is 5.41 Å². The predicted octanol–water partition coefficient (Wildman–Crippen LogP) is 0.616. The lowest BCUT2D eigenvalue weighted by Gasteiger charge is -1.98. The van der Waals surface area contributed by atoms with Crippen molar-refractivity contribution in [3.63, 3.8) is 0 Å². The summed E-state index contributed by atoms with van der Waals surface area (Å²) in [6, 6.07) is 0.359. The summed E-state index contributed by atoms with van der Waals surface area (Å²) in [6.45, 7) is 5.18. The third-order valence-electron chi connectivity index (χ3n) is 2.49. The van der Waals surface area contributed by atoms with Crippen LogP contribution in [-0.4, -0.2) is 19.8 Å². The molecule has 0 aromatic rings. The molecular weight excluding hydrogens is 114 g/mol. The number of nitrogens with two attached hydrogens (primary N) is 1. The average molecular weight is 129 g/mol. The van der Waals surface area contributed by atoms with Gasteiger partial charge < -0.3 is 10.5 Å². The van der Waals surface area contributed by atoms with E-state index < -0.39 is 0 Å². The molecule has 1 saturated carbocycles. The minimum atomic E-state index is 0.329. The first-order valence-electron chi connectivity index (χ1n) is 3.35. The van der Waals surface area contributed by atoms with Crippen LogP contribution in [-0.2, 0) is 4.74 Å². The van der Waals surface area contributed by atoms with Crippen molar-refractivity contribution in [3.05, 3.63) is 0 Å². The normalized spacial score (nSPS) is 38.7. The van der Waals surface area contributed by atoms with Crippen molar-refractivity contribution in [2.45, 2.75) is 19.9 Å². The topological polar surface area (TPSA) is 35.2 Å². The van der Waals surface area contributed by atoms with Crippen molar-refractivity contribution in [3.8, 4) is 0 Å². The first-order chi connectivity index (χ1) is 4.10. The van der Waals surface area contributed by atoms with Crippen LogP contribution in [0.3, 0.4) is 0 Å². The van der Waals surface area contributed by atoms with Crippen molar-refractivity contribution in [2.24, 2.45) is 17.1 Å². The van der Waals surface area contributed by atoms with E-state index in [1.54, 1.807) is 7.11 Å². The first kappa shape index (κ1) is 7.03. The predicted molar refractivity (Wildman–Crippen MR) is 37.1 cm³/mol. The minimum absolute atomic E-state index is 0.329. The van der Waals surface area contributed by atoms with E-state index in [4.69, 9.17) is 10.5 Å². The molecule has 0 saturated heterocycles. The molecule has 2 unspecified atom stereocenters. The van der Waals surface area contributed by atoms with Crippen LogP contribution in [0.15, 0.2) is 0 Å². The van der Waals surface area contributed by atoms with Crippen LogP contribution < -0.4 is 5.73 Å². The Morgan fingerprint density at radius 2 is 2.00 bits per heavy atom. The number of ether oxygens (including phenoxy) is 1. The molecule has 0 aromatic carbocycles. The standard InChI is InChI=1S/C7H15NO/c1-7(2)5(4-9-3)6(7)8/h5-6H,4,8H2,1-3H3. The fourth-order valence-corrected chi connectivity index (χ4v) is 1.28. The van der Waals surface area contributed by atoms with Gasteiger partial charge >= 0.3 is 0 Å². The molecule has 1 fully saturated rings. The number of rotatable bonds is 2. The molecule has 0 bridgehead atoms. The summed E-state index contributed by atoms with van der Waals surface area (Å²) in [5.74, 6) is 0.586. The molecule has 1 aliphatic rings. The second kappa shape index (κ2) is 1.96. The molecule has 2 N–H and O–H groups in total. The van der Waals surface area contributed by atoms with Crippen LogP contribution >= 0.6 is 0 Å². The van der Waals surface area contributed by atoms with Gasteiger partial charge in [0, 0.05) is 19.1 Å². The summed E-state index contributed by atoms with van der Waals surface area (Å²) in [5.41, 5.74) is 6.08. The highest BCUT2D eigenvalue weighted by Crippen LogP contribution is 2.50. The SMILES string of the molecule is COCC1C(N)C1(C)C. The second-order valence-electron chi connectivity index (χ2n) is 3.41. The Balaban J connectivity index is 2.33. The smallest absolute Gasteiger partial charge is 0.0511 e. The number of hydrogen-bond acceptors (Lipinski definition) is 2. The molecule has 54 valence electrons. The molecule has 0 aliphatic heterocycles. The lowest BCUT2D eigenvalue weighted by molar-refractivity contribution is 0.174. The maximum atomic E-state index is 5.75. The molecule has 0 spiro atoms. The fraction of sp³-hybridized carbons (Fsp3) is 1.00. The van der Waals surface area contributed by atoms with Crippen LogP contribution in [0.4, 0.5) is 0 Å². The van der Waals surface area contributed by atoms with Gasteiger partial charge in [0.15, 0.2) is 0 Å². The largest absolute Gasteiger partial charge is 0.384 e. The summed E-state index contributed by atoms with van der Waals surface area (Å²) in [5, 5.41) is 0. The van der Waals surface area contributed by atoms with Gasteiger partial charge in [-0.15, -0.1) is 0 Å². The van der Waals surface area contributed by atoms with Gasteiger partial charge in [0.05, 0.1) is 6.61 Å². The average Bonchev–Trinajstić information content (AvgIpc) is 2.19.